The Morgan fingerprint density at radius 3 is 2.95 bits per heavy atom. The summed E-state index contributed by atoms with van der Waals surface area (Å²) in [5, 5.41) is 2.97. The first-order valence-electron chi connectivity index (χ1n) is 6.83. The zero-order chi connectivity index (χ0) is 15.5. The number of sulfonamides is 1. The van der Waals surface area contributed by atoms with E-state index in [1.165, 1.54) is 20.1 Å². The summed E-state index contributed by atoms with van der Waals surface area (Å²) in [5.41, 5.74) is 0.123. The highest BCUT2D eigenvalue weighted by atomic mass is 32.2. The van der Waals surface area contributed by atoms with Gasteiger partial charge in [0.2, 0.25) is 5.09 Å². The maximum Gasteiger partial charge on any atom is 0.341 e. The molecular formula is C13H20N2O5S. The third-order valence-corrected chi connectivity index (χ3v) is 4.89. The smallest absolute Gasteiger partial charge is 0.341 e. The van der Waals surface area contributed by atoms with Gasteiger partial charge >= 0.3 is 5.97 Å². The van der Waals surface area contributed by atoms with Gasteiger partial charge in [-0.2, -0.15) is 0 Å². The predicted molar refractivity (Wildman–Crippen MR) is 75.6 cm³/mol. The standard InChI is InChI=1S/C13H20N2O5S/c1-9-11(13(16)19-2)7-12(20-9)21(17,18)15-6-4-10-3-5-14-8-10/h7,10,14-15H,3-6,8H2,1-2H3. The van der Waals surface area contributed by atoms with Crippen LogP contribution < -0.4 is 10.0 Å². The van der Waals surface area contributed by atoms with Gasteiger partial charge in [0.15, 0.2) is 0 Å². The average molecular weight is 316 g/mol. The van der Waals surface area contributed by atoms with E-state index in [-0.39, 0.29) is 16.4 Å². The molecule has 118 valence electrons. The van der Waals surface area contributed by atoms with E-state index in [9.17, 15) is 13.2 Å². The van der Waals surface area contributed by atoms with Crippen LogP contribution in [0.25, 0.3) is 0 Å². The lowest BCUT2D eigenvalue weighted by Crippen LogP contribution is -2.26. The fraction of sp³-hybridized carbons (Fsp3) is 0.615. The number of ether oxygens (including phenoxy) is 1. The zero-order valence-electron chi connectivity index (χ0n) is 12.1. The Balaban J connectivity index is 2.00. The van der Waals surface area contributed by atoms with Gasteiger partial charge in [0.05, 0.1) is 7.11 Å². The number of hydrogen-bond donors (Lipinski definition) is 2. The van der Waals surface area contributed by atoms with Gasteiger partial charge < -0.3 is 14.5 Å². The molecule has 2 rings (SSSR count). The number of methoxy groups -OCH3 is 1. The van der Waals surface area contributed by atoms with Crippen LogP contribution in [0.5, 0.6) is 0 Å². The molecule has 1 aromatic heterocycles. The van der Waals surface area contributed by atoms with Gasteiger partial charge in [-0.1, -0.05) is 0 Å². The van der Waals surface area contributed by atoms with E-state index in [2.05, 4.69) is 14.8 Å². The molecule has 8 heteroatoms. The largest absolute Gasteiger partial charge is 0.465 e. The molecule has 1 aromatic rings. The van der Waals surface area contributed by atoms with Crippen molar-refractivity contribution in [3.63, 3.8) is 0 Å². The molecule has 0 amide bonds. The van der Waals surface area contributed by atoms with Crippen molar-refractivity contribution in [2.45, 2.75) is 24.9 Å². The van der Waals surface area contributed by atoms with Gasteiger partial charge in [-0.05, 0) is 38.8 Å². The first-order chi connectivity index (χ1) is 9.94. The minimum absolute atomic E-state index is 0.123. The number of nitrogens with one attached hydrogen (secondary N) is 2. The fourth-order valence-electron chi connectivity index (χ4n) is 2.33. The van der Waals surface area contributed by atoms with Crippen molar-refractivity contribution in [2.24, 2.45) is 5.92 Å². The van der Waals surface area contributed by atoms with E-state index in [4.69, 9.17) is 4.42 Å². The molecule has 7 nitrogen and oxygen atoms in total. The number of hydrogen-bond acceptors (Lipinski definition) is 6. The molecule has 1 unspecified atom stereocenters. The summed E-state index contributed by atoms with van der Waals surface area (Å²) < 4.78 is 36.4. The fourth-order valence-corrected chi connectivity index (χ4v) is 3.37. The lowest BCUT2D eigenvalue weighted by molar-refractivity contribution is 0.0599. The van der Waals surface area contributed by atoms with Crippen molar-refractivity contribution in [1.29, 1.82) is 0 Å². The summed E-state index contributed by atoms with van der Waals surface area (Å²) >= 11 is 0. The highest BCUT2D eigenvalue weighted by molar-refractivity contribution is 7.89. The van der Waals surface area contributed by atoms with E-state index >= 15 is 0 Å². The second kappa shape index (κ2) is 6.59. The number of esters is 1. The Morgan fingerprint density at radius 1 is 1.57 bits per heavy atom. The quantitative estimate of drug-likeness (QED) is 0.748. The summed E-state index contributed by atoms with van der Waals surface area (Å²) in [6, 6.07) is 1.20. The molecule has 1 aliphatic rings. The van der Waals surface area contributed by atoms with Crippen LogP contribution in [0, 0.1) is 12.8 Å². The lowest BCUT2D eigenvalue weighted by atomic mass is 10.1. The highest BCUT2D eigenvalue weighted by Gasteiger charge is 2.24. The van der Waals surface area contributed by atoms with Crippen LogP contribution >= 0.6 is 0 Å². The van der Waals surface area contributed by atoms with Crippen molar-refractivity contribution in [3.05, 3.63) is 17.4 Å². The summed E-state index contributed by atoms with van der Waals surface area (Å²) in [6.45, 7) is 3.78. The maximum absolute atomic E-state index is 12.1. The first-order valence-corrected chi connectivity index (χ1v) is 8.31. The van der Waals surface area contributed by atoms with Crippen molar-refractivity contribution in [1.82, 2.24) is 10.0 Å². The van der Waals surface area contributed by atoms with Crippen molar-refractivity contribution < 1.29 is 22.4 Å². The summed E-state index contributed by atoms with van der Waals surface area (Å²) in [7, 11) is -2.51. The van der Waals surface area contributed by atoms with Gasteiger partial charge in [0, 0.05) is 12.6 Å². The van der Waals surface area contributed by atoms with Crippen molar-refractivity contribution >= 4 is 16.0 Å². The number of carbonyl (C=O) groups excluding carboxylic acids is 1. The molecule has 0 bridgehead atoms. The molecule has 1 aliphatic heterocycles. The maximum atomic E-state index is 12.1. The summed E-state index contributed by atoms with van der Waals surface area (Å²) in [5.74, 6) is 0.105. The van der Waals surface area contributed by atoms with Gasteiger partial charge in [-0.3, -0.25) is 0 Å². The molecule has 0 aromatic carbocycles. The SMILES string of the molecule is COC(=O)c1cc(S(=O)(=O)NCCC2CCNC2)oc1C. The Hall–Kier alpha value is -1.38. The van der Waals surface area contributed by atoms with E-state index in [1.807, 2.05) is 0 Å². The van der Waals surface area contributed by atoms with E-state index in [0.717, 1.165) is 25.9 Å². The second-order valence-corrected chi connectivity index (χ2v) is 6.77. The van der Waals surface area contributed by atoms with Gasteiger partial charge in [-0.15, -0.1) is 0 Å². The molecule has 0 saturated carbocycles. The summed E-state index contributed by atoms with van der Waals surface area (Å²) in [6.07, 6.45) is 1.84. The predicted octanol–water partition coefficient (Wildman–Crippen LogP) is 0.653. The molecule has 1 fully saturated rings. The third-order valence-electron chi connectivity index (χ3n) is 3.57. The Morgan fingerprint density at radius 2 is 2.33 bits per heavy atom. The average Bonchev–Trinajstić information content (AvgIpc) is 3.07. The van der Waals surface area contributed by atoms with E-state index in [1.54, 1.807) is 0 Å². The van der Waals surface area contributed by atoms with E-state index < -0.39 is 16.0 Å². The minimum Gasteiger partial charge on any atom is -0.465 e. The molecule has 0 spiro atoms. The molecule has 21 heavy (non-hydrogen) atoms. The van der Waals surface area contributed by atoms with Crippen LogP contribution in [-0.4, -0.2) is 41.1 Å². The number of carbonyl (C=O) groups is 1. The molecule has 0 aliphatic carbocycles. The summed E-state index contributed by atoms with van der Waals surface area (Å²) in [4.78, 5) is 11.5. The normalized spacial score (nSPS) is 18.9. The van der Waals surface area contributed by atoms with Gasteiger partial charge in [-0.25, -0.2) is 17.9 Å². The molecule has 2 N–H and O–H groups in total. The van der Waals surface area contributed by atoms with Crippen molar-refractivity contribution in [3.8, 4) is 0 Å². The minimum atomic E-state index is -3.74. The van der Waals surface area contributed by atoms with E-state index in [0.29, 0.717) is 12.5 Å². The molecule has 1 saturated heterocycles. The van der Waals surface area contributed by atoms with Crippen LogP contribution in [0.4, 0.5) is 0 Å². The van der Waals surface area contributed by atoms with Gasteiger partial charge in [0.25, 0.3) is 10.0 Å². The Kier molecular flexibility index (Phi) is 5.02. The van der Waals surface area contributed by atoms with Crippen LogP contribution in [0.15, 0.2) is 15.6 Å². The van der Waals surface area contributed by atoms with Crippen LogP contribution in [0.2, 0.25) is 0 Å². The van der Waals surface area contributed by atoms with Crippen LogP contribution in [0.3, 0.4) is 0 Å². The van der Waals surface area contributed by atoms with Gasteiger partial charge in [0.1, 0.15) is 11.3 Å². The van der Waals surface area contributed by atoms with Crippen LogP contribution in [-0.2, 0) is 14.8 Å². The number of rotatable bonds is 6. The molecule has 1 atom stereocenters. The second-order valence-electron chi connectivity index (χ2n) is 5.07. The molecule has 2 heterocycles. The van der Waals surface area contributed by atoms with Crippen LogP contribution in [0.1, 0.15) is 29.0 Å². The molecule has 0 radical (unpaired) electrons. The molecular weight excluding hydrogens is 296 g/mol. The van der Waals surface area contributed by atoms with Crippen molar-refractivity contribution in [2.75, 3.05) is 26.7 Å². The number of aryl methyl sites for hydroxylation is 1. The first kappa shape index (κ1) is 16.0. The number of furan rings is 1. The third kappa shape index (κ3) is 3.84. The monoisotopic (exact) mass is 316 g/mol. The highest BCUT2D eigenvalue weighted by Crippen LogP contribution is 2.20. The Bertz CT molecular complexity index is 602. The zero-order valence-corrected chi connectivity index (χ0v) is 13.0. The topological polar surface area (TPSA) is 97.6 Å². The Labute approximate surface area is 124 Å². The lowest BCUT2D eigenvalue weighted by Gasteiger charge is -2.08.